The van der Waals surface area contributed by atoms with Crippen LogP contribution in [-0.2, 0) is 6.54 Å². The second-order valence-electron chi connectivity index (χ2n) is 4.58. The fourth-order valence-corrected chi connectivity index (χ4v) is 1.71. The normalized spacial score (nSPS) is 11.2. The summed E-state index contributed by atoms with van der Waals surface area (Å²) >= 11 is 0. The molecule has 0 aromatic heterocycles. The van der Waals surface area contributed by atoms with E-state index in [9.17, 15) is 4.39 Å². The molecule has 0 amide bonds. The zero-order chi connectivity index (χ0) is 12.3. The minimum absolute atomic E-state index is 0.146. The van der Waals surface area contributed by atoms with Crippen molar-refractivity contribution >= 4 is 0 Å². The molecule has 2 nitrogen and oxygen atoms in total. The number of benzene rings is 1. The number of hydrogen-bond acceptors (Lipinski definition) is 2. The molecular formula is C13H20FNO. The molecule has 0 N–H and O–H groups in total. The SMILES string of the molecule is COc1cc(C(C)C)c(F)cc1CN(C)C. The first-order valence-corrected chi connectivity index (χ1v) is 5.46. The largest absolute Gasteiger partial charge is 0.496 e. The van der Waals surface area contributed by atoms with Gasteiger partial charge in [-0.1, -0.05) is 13.8 Å². The molecule has 90 valence electrons. The fourth-order valence-electron chi connectivity index (χ4n) is 1.71. The highest BCUT2D eigenvalue weighted by Crippen LogP contribution is 2.28. The van der Waals surface area contributed by atoms with Crippen molar-refractivity contribution in [2.45, 2.75) is 26.3 Å². The molecule has 0 saturated heterocycles. The van der Waals surface area contributed by atoms with Crippen LogP contribution in [0.25, 0.3) is 0 Å². The van der Waals surface area contributed by atoms with Gasteiger partial charge < -0.3 is 9.64 Å². The molecule has 0 aliphatic carbocycles. The van der Waals surface area contributed by atoms with Gasteiger partial charge in [0.25, 0.3) is 0 Å². The molecular weight excluding hydrogens is 205 g/mol. The lowest BCUT2D eigenvalue weighted by Gasteiger charge is -2.16. The second kappa shape index (κ2) is 5.30. The standard InChI is InChI=1S/C13H20FNO/c1-9(2)11-7-13(16-5)10(6-12(11)14)8-15(3)4/h6-7,9H,8H2,1-5H3. The Bertz CT molecular complexity index is 361. The van der Waals surface area contributed by atoms with Crippen molar-refractivity contribution in [3.8, 4) is 5.75 Å². The van der Waals surface area contributed by atoms with Crippen LogP contribution in [0, 0.1) is 5.82 Å². The van der Waals surface area contributed by atoms with Gasteiger partial charge in [-0.3, -0.25) is 0 Å². The molecule has 16 heavy (non-hydrogen) atoms. The summed E-state index contributed by atoms with van der Waals surface area (Å²) in [5.74, 6) is 0.786. The maximum atomic E-state index is 13.8. The van der Waals surface area contributed by atoms with E-state index in [1.165, 1.54) is 0 Å². The highest BCUT2D eigenvalue weighted by Gasteiger charge is 2.13. The molecule has 0 heterocycles. The molecule has 0 atom stereocenters. The van der Waals surface area contributed by atoms with Crippen LogP contribution in [0.5, 0.6) is 5.75 Å². The van der Waals surface area contributed by atoms with Gasteiger partial charge in [-0.2, -0.15) is 0 Å². The molecule has 0 saturated carbocycles. The average molecular weight is 225 g/mol. The molecule has 0 bridgehead atoms. The van der Waals surface area contributed by atoms with Gasteiger partial charge >= 0.3 is 0 Å². The molecule has 0 aliphatic rings. The number of ether oxygens (including phenoxy) is 1. The molecule has 0 unspecified atom stereocenters. The van der Waals surface area contributed by atoms with Crippen molar-refractivity contribution in [1.29, 1.82) is 0 Å². The van der Waals surface area contributed by atoms with E-state index in [2.05, 4.69) is 0 Å². The number of hydrogen-bond donors (Lipinski definition) is 0. The number of rotatable bonds is 4. The van der Waals surface area contributed by atoms with Gasteiger partial charge in [-0.25, -0.2) is 4.39 Å². The monoisotopic (exact) mass is 225 g/mol. The van der Waals surface area contributed by atoms with Gasteiger partial charge in [0.05, 0.1) is 7.11 Å². The van der Waals surface area contributed by atoms with Gasteiger partial charge in [-0.15, -0.1) is 0 Å². The second-order valence-corrected chi connectivity index (χ2v) is 4.58. The first-order chi connectivity index (χ1) is 7.45. The predicted octanol–water partition coefficient (Wildman–Crippen LogP) is 3.02. The van der Waals surface area contributed by atoms with Gasteiger partial charge in [0, 0.05) is 12.1 Å². The lowest BCUT2D eigenvalue weighted by atomic mass is 10.00. The molecule has 0 radical (unpaired) electrons. The maximum Gasteiger partial charge on any atom is 0.127 e. The predicted molar refractivity (Wildman–Crippen MR) is 64.4 cm³/mol. The summed E-state index contributed by atoms with van der Waals surface area (Å²) in [4.78, 5) is 1.99. The Kier molecular flexibility index (Phi) is 4.30. The molecule has 0 aliphatic heterocycles. The van der Waals surface area contributed by atoms with Crippen molar-refractivity contribution in [3.05, 3.63) is 29.1 Å². The third kappa shape index (κ3) is 2.95. The number of nitrogens with zero attached hydrogens (tertiary/aromatic N) is 1. The Labute approximate surface area is 97.0 Å². The Balaban J connectivity index is 3.15. The van der Waals surface area contributed by atoms with Gasteiger partial charge in [0.2, 0.25) is 0 Å². The number of methoxy groups -OCH3 is 1. The van der Waals surface area contributed by atoms with Crippen LogP contribution in [-0.4, -0.2) is 26.1 Å². The van der Waals surface area contributed by atoms with Crippen molar-refractivity contribution in [1.82, 2.24) is 4.90 Å². The molecule has 0 fully saturated rings. The van der Waals surface area contributed by atoms with E-state index in [0.717, 1.165) is 11.3 Å². The van der Waals surface area contributed by atoms with Crippen LogP contribution >= 0.6 is 0 Å². The van der Waals surface area contributed by atoms with E-state index in [1.807, 2.05) is 32.8 Å². The molecule has 1 aromatic rings. The van der Waals surface area contributed by atoms with Crippen molar-refractivity contribution in [2.75, 3.05) is 21.2 Å². The van der Waals surface area contributed by atoms with E-state index in [-0.39, 0.29) is 11.7 Å². The van der Waals surface area contributed by atoms with E-state index in [0.29, 0.717) is 12.1 Å². The van der Waals surface area contributed by atoms with Crippen molar-refractivity contribution < 1.29 is 9.13 Å². The van der Waals surface area contributed by atoms with Crippen LogP contribution in [0.2, 0.25) is 0 Å². The summed E-state index contributed by atoms with van der Waals surface area (Å²) in [7, 11) is 5.53. The Morgan fingerprint density at radius 1 is 1.31 bits per heavy atom. The van der Waals surface area contributed by atoms with Crippen LogP contribution < -0.4 is 4.74 Å². The Morgan fingerprint density at radius 2 is 1.94 bits per heavy atom. The van der Waals surface area contributed by atoms with E-state index >= 15 is 0 Å². The molecule has 0 spiro atoms. The minimum atomic E-state index is -0.146. The van der Waals surface area contributed by atoms with Crippen LogP contribution in [0.1, 0.15) is 30.9 Å². The molecule has 3 heteroatoms. The fraction of sp³-hybridized carbons (Fsp3) is 0.538. The first kappa shape index (κ1) is 13.0. The van der Waals surface area contributed by atoms with E-state index < -0.39 is 0 Å². The summed E-state index contributed by atoms with van der Waals surface area (Å²) in [6.45, 7) is 4.63. The highest BCUT2D eigenvalue weighted by atomic mass is 19.1. The zero-order valence-corrected chi connectivity index (χ0v) is 10.7. The first-order valence-electron chi connectivity index (χ1n) is 5.46. The Morgan fingerprint density at radius 3 is 2.38 bits per heavy atom. The van der Waals surface area contributed by atoms with Gasteiger partial charge in [0.1, 0.15) is 11.6 Å². The van der Waals surface area contributed by atoms with Crippen molar-refractivity contribution in [3.63, 3.8) is 0 Å². The highest BCUT2D eigenvalue weighted by molar-refractivity contribution is 5.39. The molecule has 1 aromatic carbocycles. The van der Waals surface area contributed by atoms with Crippen LogP contribution in [0.3, 0.4) is 0 Å². The van der Waals surface area contributed by atoms with E-state index in [4.69, 9.17) is 4.74 Å². The van der Waals surface area contributed by atoms with Gasteiger partial charge in [0.15, 0.2) is 0 Å². The summed E-state index contributed by atoms with van der Waals surface area (Å²) in [6, 6.07) is 3.38. The topological polar surface area (TPSA) is 12.5 Å². The summed E-state index contributed by atoms with van der Waals surface area (Å²) in [6.07, 6.45) is 0. The zero-order valence-electron chi connectivity index (χ0n) is 10.7. The van der Waals surface area contributed by atoms with Crippen molar-refractivity contribution in [2.24, 2.45) is 0 Å². The average Bonchev–Trinajstić information content (AvgIpc) is 2.16. The minimum Gasteiger partial charge on any atom is -0.496 e. The quantitative estimate of drug-likeness (QED) is 0.781. The third-order valence-electron chi connectivity index (χ3n) is 2.51. The third-order valence-corrected chi connectivity index (χ3v) is 2.51. The maximum absolute atomic E-state index is 13.8. The molecule has 1 rings (SSSR count). The van der Waals surface area contributed by atoms with Gasteiger partial charge in [-0.05, 0) is 37.7 Å². The van der Waals surface area contributed by atoms with Crippen LogP contribution in [0.4, 0.5) is 4.39 Å². The summed E-state index contributed by atoms with van der Waals surface area (Å²) < 4.78 is 19.1. The van der Waals surface area contributed by atoms with Crippen LogP contribution in [0.15, 0.2) is 12.1 Å². The Hall–Kier alpha value is -1.09. The smallest absolute Gasteiger partial charge is 0.127 e. The lowest BCUT2D eigenvalue weighted by Crippen LogP contribution is -2.12. The number of halogens is 1. The summed E-state index contributed by atoms with van der Waals surface area (Å²) in [5, 5.41) is 0. The summed E-state index contributed by atoms with van der Waals surface area (Å²) in [5.41, 5.74) is 1.59. The lowest BCUT2D eigenvalue weighted by molar-refractivity contribution is 0.369. The van der Waals surface area contributed by atoms with E-state index in [1.54, 1.807) is 19.2 Å².